The lowest BCUT2D eigenvalue weighted by molar-refractivity contribution is -0.136. The number of piperazine rings is 1. The number of hydrogen-bond donors (Lipinski definition) is 1. The first-order chi connectivity index (χ1) is 18.1. The van der Waals surface area contributed by atoms with Gasteiger partial charge in [-0.15, -0.1) is 0 Å². The van der Waals surface area contributed by atoms with Gasteiger partial charge < -0.3 is 24.6 Å². The first-order valence-electron chi connectivity index (χ1n) is 13.0. The summed E-state index contributed by atoms with van der Waals surface area (Å²) in [5, 5.41) is 4.48. The fourth-order valence-corrected chi connectivity index (χ4v) is 5.57. The van der Waals surface area contributed by atoms with Gasteiger partial charge >= 0.3 is 0 Å². The lowest BCUT2D eigenvalue weighted by Gasteiger charge is -2.47. The molecule has 0 radical (unpaired) electrons. The molecule has 0 spiro atoms. The van der Waals surface area contributed by atoms with E-state index in [0.29, 0.717) is 54.3 Å². The van der Waals surface area contributed by atoms with E-state index in [4.69, 9.17) is 37.7 Å². The SMILES string of the molecule is CC(=O)N1CCN(C(=NCc2ccc(Br)cc2Oc2ccc(Cl)c(Cl)c2)NCC2CCCCO2)CC1(C)C. The molecule has 4 rings (SSSR count). The predicted molar refractivity (Wildman–Crippen MR) is 156 cm³/mol. The molecule has 1 atom stereocenters. The van der Waals surface area contributed by atoms with Crippen molar-refractivity contribution in [3.63, 3.8) is 0 Å². The van der Waals surface area contributed by atoms with Crippen LogP contribution in [0.2, 0.25) is 10.0 Å². The lowest BCUT2D eigenvalue weighted by Crippen LogP contribution is -2.63. The van der Waals surface area contributed by atoms with Crippen LogP contribution in [0.5, 0.6) is 11.5 Å². The minimum Gasteiger partial charge on any atom is -0.457 e. The van der Waals surface area contributed by atoms with Crippen molar-refractivity contribution in [2.24, 2.45) is 4.99 Å². The van der Waals surface area contributed by atoms with E-state index < -0.39 is 0 Å². The minimum absolute atomic E-state index is 0.0932. The maximum atomic E-state index is 12.2. The molecular formula is C28H35BrCl2N4O3. The smallest absolute Gasteiger partial charge is 0.220 e. The van der Waals surface area contributed by atoms with Crippen LogP contribution < -0.4 is 10.1 Å². The van der Waals surface area contributed by atoms with Crippen molar-refractivity contribution in [2.45, 2.75) is 58.2 Å². The average Bonchev–Trinajstić information content (AvgIpc) is 2.87. The number of aliphatic imine (C=N–C) groups is 1. The van der Waals surface area contributed by atoms with Crippen LogP contribution in [-0.2, 0) is 16.1 Å². The first kappa shape index (κ1) is 29.0. The molecule has 0 aromatic heterocycles. The quantitative estimate of drug-likeness (QED) is 0.293. The van der Waals surface area contributed by atoms with E-state index in [1.807, 2.05) is 23.1 Å². The van der Waals surface area contributed by atoms with E-state index in [2.05, 4.69) is 40.0 Å². The van der Waals surface area contributed by atoms with Gasteiger partial charge in [0.2, 0.25) is 5.91 Å². The van der Waals surface area contributed by atoms with E-state index >= 15 is 0 Å². The molecule has 2 aromatic rings. The number of hydrogen-bond acceptors (Lipinski definition) is 4. The molecule has 0 bridgehead atoms. The van der Waals surface area contributed by atoms with Crippen LogP contribution in [-0.4, -0.2) is 66.1 Å². The van der Waals surface area contributed by atoms with Gasteiger partial charge in [-0.25, -0.2) is 4.99 Å². The topological polar surface area (TPSA) is 66.4 Å². The van der Waals surface area contributed by atoms with Gasteiger partial charge in [0, 0.05) is 55.8 Å². The monoisotopic (exact) mass is 624 g/mol. The third-order valence-electron chi connectivity index (χ3n) is 6.89. The molecule has 2 aliphatic heterocycles. The third kappa shape index (κ3) is 7.56. The number of halogens is 3. The van der Waals surface area contributed by atoms with Crippen molar-refractivity contribution in [3.05, 3.63) is 56.5 Å². The van der Waals surface area contributed by atoms with E-state index in [-0.39, 0.29) is 17.6 Å². The van der Waals surface area contributed by atoms with Gasteiger partial charge in [-0.05, 0) is 57.4 Å². The molecule has 2 saturated heterocycles. The largest absolute Gasteiger partial charge is 0.457 e. The number of nitrogens with one attached hydrogen (secondary N) is 1. The van der Waals surface area contributed by atoms with Gasteiger partial charge in [-0.1, -0.05) is 45.2 Å². The van der Waals surface area contributed by atoms with E-state index in [0.717, 1.165) is 35.4 Å². The summed E-state index contributed by atoms with van der Waals surface area (Å²) in [4.78, 5) is 21.4. The van der Waals surface area contributed by atoms with Crippen molar-refractivity contribution in [1.29, 1.82) is 0 Å². The molecule has 1 N–H and O–H groups in total. The number of guanidine groups is 1. The van der Waals surface area contributed by atoms with E-state index in [9.17, 15) is 4.79 Å². The Kier molecular flexibility index (Phi) is 9.84. The molecule has 0 aliphatic carbocycles. The highest BCUT2D eigenvalue weighted by Gasteiger charge is 2.36. The van der Waals surface area contributed by atoms with Crippen molar-refractivity contribution >= 4 is 51.0 Å². The highest BCUT2D eigenvalue weighted by atomic mass is 79.9. The van der Waals surface area contributed by atoms with Gasteiger partial charge in [0.25, 0.3) is 0 Å². The Bertz CT molecular complexity index is 1170. The molecule has 7 nitrogen and oxygen atoms in total. The maximum absolute atomic E-state index is 12.2. The Hall–Kier alpha value is -2.00. The number of benzene rings is 2. The standard InChI is InChI=1S/C28H35BrCl2N4O3/c1-19(36)35-12-11-34(18-28(35,2)3)27(33-17-23-6-4-5-13-37-23)32-16-20-7-8-21(29)14-26(20)38-22-9-10-24(30)25(31)15-22/h7-10,14-15,23H,4-6,11-13,16-18H2,1-3H3,(H,32,33). The summed E-state index contributed by atoms with van der Waals surface area (Å²) in [6.45, 7) is 9.76. The normalized spacial score (nSPS) is 19.8. The Morgan fingerprint density at radius 3 is 2.68 bits per heavy atom. The second kappa shape index (κ2) is 12.9. The van der Waals surface area contributed by atoms with Crippen molar-refractivity contribution in [1.82, 2.24) is 15.1 Å². The zero-order chi connectivity index (χ0) is 27.3. The van der Waals surface area contributed by atoms with Crippen LogP contribution in [0.4, 0.5) is 0 Å². The molecule has 0 saturated carbocycles. The second-order valence-electron chi connectivity index (χ2n) is 10.3. The molecule has 2 fully saturated rings. The zero-order valence-corrected chi connectivity index (χ0v) is 25.2. The summed E-state index contributed by atoms with van der Waals surface area (Å²) in [5.41, 5.74) is 0.613. The van der Waals surface area contributed by atoms with Crippen LogP contribution in [0.3, 0.4) is 0 Å². The molecule has 38 heavy (non-hydrogen) atoms. The number of nitrogens with zero attached hydrogens (tertiary/aromatic N) is 3. The Balaban J connectivity index is 1.56. The van der Waals surface area contributed by atoms with Crippen LogP contribution in [0.15, 0.2) is 45.9 Å². The number of rotatable bonds is 6. The summed E-state index contributed by atoms with van der Waals surface area (Å²) >= 11 is 15.8. The summed E-state index contributed by atoms with van der Waals surface area (Å²) in [6, 6.07) is 11.1. The number of carbonyl (C=O) groups is 1. The van der Waals surface area contributed by atoms with E-state index in [1.165, 1.54) is 6.42 Å². The van der Waals surface area contributed by atoms with Gasteiger partial charge in [0.05, 0.1) is 28.2 Å². The van der Waals surface area contributed by atoms with Gasteiger partial charge in [-0.3, -0.25) is 4.79 Å². The van der Waals surface area contributed by atoms with Gasteiger partial charge in [0.1, 0.15) is 11.5 Å². The molecule has 206 valence electrons. The van der Waals surface area contributed by atoms with Crippen molar-refractivity contribution in [2.75, 3.05) is 32.8 Å². The Morgan fingerprint density at radius 2 is 2.00 bits per heavy atom. The molecule has 2 aliphatic rings. The summed E-state index contributed by atoms with van der Waals surface area (Å²) in [5.74, 6) is 2.17. The summed E-state index contributed by atoms with van der Waals surface area (Å²) < 4.78 is 13.0. The highest BCUT2D eigenvalue weighted by Crippen LogP contribution is 2.33. The summed E-state index contributed by atoms with van der Waals surface area (Å²) in [7, 11) is 0. The highest BCUT2D eigenvalue weighted by molar-refractivity contribution is 9.10. The van der Waals surface area contributed by atoms with Gasteiger partial charge in [0.15, 0.2) is 5.96 Å². The fourth-order valence-electron chi connectivity index (χ4n) is 4.94. The summed E-state index contributed by atoms with van der Waals surface area (Å²) in [6.07, 6.45) is 3.50. The molecule has 2 aromatic carbocycles. The van der Waals surface area contributed by atoms with E-state index in [1.54, 1.807) is 25.1 Å². The zero-order valence-electron chi connectivity index (χ0n) is 22.1. The third-order valence-corrected chi connectivity index (χ3v) is 8.12. The van der Waals surface area contributed by atoms with Crippen molar-refractivity contribution < 1.29 is 14.3 Å². The average molecular weight is 626 g/mol. The second-order valence-corrected chi connectivity index (χ2v) is 12.1. The van der Waals surface area contributed by atoms with Crippen LogP contribution in [0, 0.1) is 0 Å². The minimum atomic E-state index is -0.312. The maximum Gasteiger partial charge on any atom is 0.220 e. The molecule has 10 heteroatoms. The number of ether oxygens (including phenoxy) is 2. The predicted octanol–water partition coefficient (Wildman–Crippen LogP) is 6.51. The van der Waals surface area contributed by atoms with Gasteiger partial charge in [-0.2, -0.15) is 0 Å². The number of amides is 1. The molecular weight excluding hydrogens is 591 g/mol. The van der Waals surface area contributed by atoms with Crippen LogP contribution in [0.25, 0.3) is 0 Å². The molecule has 2 heterocycles. The number of carbonyl (C=O) groups excluding carboxylic acids is 1. The Morgan fingerprint density at radius 1 is 1.18 bits per heavy atom. The van der Waals surface area contributed by atoms with Crippen LogP contribution in [0.1, 0.15) is 45.6 Å². The first-order valence-corrected chi connectivity index (χ1v) is 14.5. The molecule has 1 unspecified atom stereocenters. The molecule has 1 amide bonds. The van der Waals surface area contributed by atoms with Crippen molar-refractivity contribution in [3.8, 4) is 11.5 Å². The van der Waals surface area contributed by atoms with Crippen LogP contribution >= 0.6 is 39.1 Å². The Labute approximate surface area is 243 Å². The lowest BCUT2D eigenvalue weighted by atomic mass is 9.99. The fraction of sp³-hybridized carbons (Fsp3) is 0.500.